The van der Waals surface area contributed by atoms with E-state index >= 15 is 0 Å². The minimum Gasteiger partial charge on any atom is -0.258 e. The molecule has 0 aliphatic rings. The summed E-state index contributed by atoms with van der Waals surface area (Å²) in [5.74, 6) is -0.132. The van der Waals surface area contributed by atoms with Gasteiger partial charge in [0.2, 0.25) is 0 Å². The van der Waals surface area contributed by atoms with E-state index in [0.717, 1.165) is 0 Å². The molecule has 0 radical (unpaired) electrons. The Bertz CT molecular complexity index is 380. The van der Waals surface area contributed by atoms with E-state index in [0.29, 0.717) is 11.3 Å². The van der Waals surface area contributed by atoms with Gasteiger partial charge in [-0.2, -0.15) is 0 Å². The van der Waals surface area contributed by atoms with Gasteiger partial charge in [0.25, 0.3) is 5.69 Å². The van der Waals surface area contributed by atoms with Crippen molar-refractivity contribution in [3.05, 3.63) is 33.6 Å². The first-order valence-electron chi connectivity index (χ1n) is 4.69. The SMILES string of the molecule is Cc1ccnc(C(C)C(C)Cl)c1[N+](=O)[O-]. The fourth-order valence-electron chi connectivity index (χ4n) is 1.36. The molecule has 0 bridgehead atoms. The Kier molecular flexibility index (Phi) is 3.63. The van der Waals surface area contributed by atoms with Crippen molar-refractivity contribution in [3.63, 3.8) is 0 Å². The minimum absolute atomic E-state index is 0.0810. The minimum atomic E-state index is -0.395. The highest BCUT2D eigenvalue weighted by molar-refractivity contribution is 6.20. The number of pyridine rings is 1. The van der Waals surface area contributed by atoms with Crippen LogP contribution in [-0.4, -0.2) is 15.3 Å². The van der Waals surface area contributed by atoms with Gasteiger partial charge in [0.05, 0.1) is 4.92 Å². The molecule has 0 saturated heterocycles. The Labute approximate surface area is 93.4 Å². The molecule has 1 aromatic rings. The van der Waals surface area contributed by atoms with Crippen molar-refractivity contribution in [2.75, 3.05) is 0 Å². The normalized spacial score (nSPS) is 14.7. The standard InChI is InChI=1S/C10H13ClN2O2/c1-6-4-5-12-9(7(2)8(3)11)10(6)13(14)15/h4-5,7-8H,1-3H3. The van der Waals surface area contributed by atoms with E-state index in [1.54, 1.807) is 26.1 Å². The fourth-order valence-corrected chi connectivity index (χ4v) is 1.48. The van der Waals surface area contributed by atoms with E-state index in [4.69, 9.17) is 11.6 Å². The van der Waals surface area contributed by atoms with Crippen LogP contribution in [0.25, 0.3) is 0 Å². The Morgan fingerprint density at radius 1 is 1.53 bits per heavy atom. The number of aromatic nitrogens is 1. The average Bonchev–Trinajstić information content (AvgIpc) is 2.15. The lowest BCUT2D eigenvalue weighted by Gasteiger charge is -2.13. The van der Waals surface area contributed by atoms with Crippen LogP contribution in [0.5, 0.6) is 0 Å². The molecule has 0 aliphatic carbocycles. The van der Waals surface area contributed by atoms with Gasteiger partial charge in [-0.1, -0.05) is 6.92 Å². The van der Waals surface area contributed by atoms with Gasteiger partial charge in [-0.15, -0.1) is 11.6 Å². The third-order valence-electron chi connectivity index (χ3n) is 2.46. The van der Waals surface area contributed by atoms with Crippen LogP contribution in [-0.2, 0) is 0 Å². The number of nitrogens with zero attached hydrogens (tertiary/aromatic N) is 2. The molecule has 1 heterocycles. The van der Waals surface area contributed by atoms with Crippen molar-refractivity contribution >= 4 is 17.3 Å². The number of rotatable bonds is 3. The molecular formula is C10H13ClN2O2. The topological polar surface area (TPSA) is 56.0 Å². The average molecular weight is 229 g/mol. The van der Waals surface area contributed by atoms with E-state index in [1.165, 1.54) is 0 Å². The number of hydrogen-bond donors (Lipinski definition) is 0. The van der Waals surface area contributed by atoms with Crippen molar-refractivity contribution in [1.82, 2.24) is 4.98 Å². The van der Waals surface area contributed by atoms with Gasteiger partial charge in [-0.3, -0.25) is 15.1 Å². The fraction of sp³-hybridized carbons (Fsp3) is 0.500. The van der Waals surface area contributed by atoms with Crippen molar-refractivity contribution < 1.29 is 4.92 Å². The van der Waals surface area contributed by atoms with E-state index in [1.807, 2.05) is 6.92 Å². The van der Waals surface area contributed by atoms with E-state index < -0.39 is 4.92 Å². The van der Waals surface area contributed by atoms with Crippen LogP contribution in [0.3, 0.4) is 0 Å². The smallest absolute Gasteiger partial charge is 0.258 e. The highest BCUT2D eigenvalue weighted by Gasteiger charge is 2.25. The van der Waals surface area contributed by atoms with Crippen LogP contribution in [0.1, 0.15) is 31.0 Å². The van der Waals surface area contributed by atoms with Gasteiger partial charge < -0.3 is 0 Å². The number of alkyl halides is 1. The highest BCUT2D eigenvalue weighted by atomic mass is 35.5. The van der Waals surface area contributed by atoms with Crippen LogP contribution in [0.4, 0.5) is 5.69 Å². The van der Waals surface area contributed by atoms with Gasteiger partial charge in [0.15, 0.2) is 0 Å². The zero-order valence-corrected chi connectivity index (χ0v) is 9.65. The summed E-state index contributed by atoms with van der Waals surface area (Å²) < 4.78 is 0. The summed E-state index contributed by atoms with van der Waals surface area (Å²) in [5.41, 5.74) is 1.16. The molecule has 15 heavy (non-hydrogen) atoms. The molecule has 0 spiro atoms. The molecule has 0 aliphatic heterocycles. The van der Waals surface area contributed by atoms with E-state index in [9.17, 15) is 10.1 Å². The number of aryl methyl sites for hydroxylation is 1. The summed E-state index contributed by atoms with van der Waals surface area (Å²) in [6, 6.07) is 1.63. The first-order chi connectivity index (χ1) is 6.95. The zero-order valence-electron chi connectivity index (χ0n) is 8.90. The lowest BCUT2D eigenvalue weighted by atomic mass is 10.0. The molecule has 5 heteroatoms. The van der Waals surface area contributed by atoms with Crippen LogP contribution in [0.2, 0.25) is 0 Å². The molecule has 2 unspecified atom stereocenters. The van der Waals surface area contributed by atoms with E-state index in [-0.39, 0.29) is 17.0 Å². The highest BCUT2D eigenvalue weighted by Crippen LogP contribution is 2.30. The third kappa shape index (κ3) is 2.45. The summed E-state index contributed by atoms with van der Waals surface area (Å²) >= 11 is 5.93. The van der Waals surface area contributed by atoms with Crippen LogP contribution < -0.4 is 0 Å². The molecule has 0 N–H and O–H groups in total. The monoisotopic (exact) mass is 228 g/mol. The summed E-state index contributed by atoms with van der Waals surface area (Å²) in [5, 5.41) is 10.7. The lowest BCUT2D eigenvalue weighted by Crippen LogP contribution is -2.10. The zero-order chi connectivity index (χ0) is 11.6. The molecule has 1 rings (SSSR count). The summed E-state index contributed by atoms with van der Waals surface area (Å²) in [6.45, 7) is 5.35. The Hall–Kier alpha value is -1.16. The van der Waals surface area contributed by atoms with Crippen LogP contribution in [0, 0.1) is 17.0 Å². The summed E-state index contributed by atoms with van der Waals surface area (Å²) in [6.07, 6.45) is 1.58. The molecule has 0 saturated carbocycles. The maximum absolute atomic E-state index is 10.9. The van der Waals surface area contributed by atoms with Gasteiger partial charge in [0, 0.05) is 23.1 Å². The molecule has 0 amide bonds. The largest absolute Gasteiger partial charge is 0.293 e. The van der Waals surface area contributed by atoms with Crippen molar-refractivity contribution in [3.8, 4) is 0 Å². The van der Waals surface area contributed by atoms with E-state index in [2.05, 4.69) is 4.98 Å². The number of nitro groups is 1. The second-order valence-corrected chi connectivity index (χ2v) is 4.27. The first-order valence-corrected chi connectivity index (χ1v) is 5.12. The third-order valence-corrected chi connectivity index (χ3v) is 2.84. The molecule has 1 aromatic heterocycles. The summed E-state index contributed by atoms with van der Waals surface area (Å²) in [4.78, 5) is 14.6. The molecule has 0 fully saturated rings. The first kappa shape index (κ1) is 11.9. The Morgan fingerprint density at radius 2 is 2.13 bits per heavy atom. The van der Waals surface area contributed by atoms with Crippen LogP contribution >= 0.6 is 11.6 Å². The van der Waals surface area contributed by atoms with Crippen LogP contribution in [0.15, 0.2) is 12.3 Å². The maximum atomic E-state index is 10.9. The second-order valence-electron chi connectivity index (χ2n) is 3.59. The Balaban J connectivity index is 3.29. The van der Waals surface area contributed by atoms with Gasteiger partial charge in [-0.25, -0.2) is 0 Å². The number of halogens is 1. The molecule has 0 aromatic carbocycles. The Morgan fingerprint density at radius 3 is 2.60 bits per heavy atom. The molecule has 2 atom stereocenters. The van der Waals surface area contributed by atoms with Crippen molar-refractivity contribution in [2.45, 2.75) is 32.1 Å². The van der Waals surface area contributed by atoms with Gasteiger partial charge in [0.1, 0.15) is 5.69 Å². The van der Waals surface area contributed by atoms with Gasteiger partial charge in [-0.05, 0) is 19.9 Å². The molecule has 82 valence electrons. The second kappa shape index (κ2) is 4.57. The van der Waals surface area contributed by atoms with Crippen molar-refractivity contribution in [1.29, 1.82) is 0 Å². The maximum Gasteiger partial charge on any atom is 0.293 e. The predicted molar refractivity (Wildman–Crippen MR) is 59.4 cm³/mol. The predicted octanol–water partition coefficient (Wildman–Crippen LogP) is 3.03. The number of hydrogen-bond acceptors (Lipinski definition) is 3. The molecular weight excluding hydrogens is 216 g/mol. The summed E-state index contributed by atoms with van der Waals surface area (Å²) in [7, 11) is 0. The molecule has 4 nitrogen and oxygen atoms in total. The van der Waals surface area contributed by atoms with Crippen molar-refractivity contribution in [2.24, 2.45) is 0 Å². The van der Waals surface area contributed by atoms with Gasteiger partial charge >= 0.3 is 0 Å². The quantitative estimate of drug-likeness (QED) is 0.454. The lowest BCUT2D eigenvalue weighted by molar-refractivity contribution is -0.386.